The Morgan fingerprint density at radius 3 is 2.87 bits per heavy atom. The van der Waals surface area contributed by atoms with Gasteiger partial charge >= 0.3 is 0 Å². The Bertz CT molecular complexity index is 527. The van der Waals surface area contributed by atoms with E-state index in [4.69, 9.17) is 0 Å². The van der Waals surface area contributed by atoms with Gasteiger partial charge in [-0.3, -0.25) is 4.79 Å². The summed E-state index contributed by atoms with van der Waals surface area (Å²) in [4.78, 5) is 22.6. The van der Waals surface area contributed by atoms with Crippen molar-refractivity contribution in [2.75, 3.05) is 25.0 Å². The number of nitrogens with one attached hydrogen (secondary N) is 2. The molecule has 0 bridgehead atoms. The van der Waals surface area contributed by atoms with Crippen molar-refractivity contribution in [2.24, 2.45) is 0 Å². The molecule has 3 rings (SSSR count). The van der Waals surface area contributed by atoms with Gasteiger partial charge in [0.05, 0.1) is 0 Å². The number of aromatic nitrogens is 2. The summed E-state index contributed by atoms with van der Waals surface area (Å²) < 4.78 is 0. The molecule has 0 saturated carbocycles. The SMILES string of the molecule is Cc1cc(NC2CCN(CC3CCCCC(=O)N3)CC2)ncn1. The number of amides is 1. The largest absolute Gasteiger partial charge is 0.367 e. The van der Waals surface area contributed by atoms with Crippen molar-refractivity contribution >= 4 is 11.7 Å². The number of hydrogen-bond donors (Lipinski definition) is 2. The van der Waals surface area contributed by atoms with Gasteiger partial charge in [-0.1, -0.05) is 6.42 Å². The van der Waals surface area contributed by atoms with Crippen LogP contribution in [0.3, 0.4) is 0 Å². The number of likely N-dealkylation sites (tertiary alicyclic amines) is 1. The molecule has 2 aliphatic heterocycles. The van der Waals surface area contributed by atoms with E-state index in [9.17, 15) is 4.79 Å². The first kappa shape index (κ1) is 16.2. The molecular weight excluding hydrogens is 290 g/mol. The lowest BCUT2D eigenvalue weighted by Crippen LogP contribution is -2.47. The summed E-state index contributed by atoms with van der Waals surface area (Å²) in [7, 11) is 0. The summed E-state index contributed by atoms with van der Waals surface area (Å²) >= 11 is 0. The summed E-state index contributed by atoms with van der Waals surface area (Å²) in [6.45, 7) is 5.13. The van der Waals surface area contributed by atoms with Gasteiger partial charge in [-0.2, -0.15) is 0 Å². The fourth-order valence-corrected chi connectivity index (χ4v) is 3.50. The number of piperidine rings is 1. The van der Waals surface area contributed by atoms with E-state index in [0.29, 0.717) is 18.5 Å². The number of carbonyl (C=O) groups is 1. The lowest BCUT2D eigenvalue weighted by Gasteiger charge is -2.34. The number of nitrogens with zero attached hydrogens (tertiary/aromatic N) is 3. The maximum absolute atomic E-state index is 11.7. The van der Waals surface area contributed by atoms with Gasteiger partial charge in [-0.15, -0.1) is 0 Å². The Morgan fingerprint density at radius 1 is 1.26 bits per heavy atom. The number of anilines is 1. The van der Waals surface area contributed by atoms with Crippen LogP contribution in [-0.4, -0.2) is 52.5 Å². The normalized spacial score (nSPS) is 24.0. The van der Waals surface area contributed by atoms with Crippen LogP contribution in [0.5, 0.6) is 0 Å². The molecule has 6 nitrogen and oxygen atoms in total. The minimum Gasteiger partial charge on any atom is -0.367 e. The van der Waals surface area contributed by atoms with Crippen LogP contribution in [0, 0.1) is 6.92 Å². The predicted octanol–water partition coefficient (Wildman–Crippen LogP) is 1.72. The van der Waals surface area contributed by atoms with Gasteiger partial charge in [0.2, 0.25) is 5.91 Å². The van der Waals surface area contributed by atoms with Crippen molar-refractivity contribution in [3.63, 3.8) is 0 Å². The van der Waals surface area contributed by atoms with Crippen LogP contribution in [0.4, 0.5) is 5.82 Å². The molecule has 1 aromatic rings. The average Bonchev–Trinajstić information content (AvgIpc) is 2.73. The average molecular weight is 317 g/mol. The first-order chi connectivity index (χ1) is 11.2. The van der Waals surface area contributed by atoms with Crippen molar-refractivity contribution in [3.05, 3.63) is 18.1 Å². The van der Waals surface area contributed by atoms with Crippen LogP contribution in [0.25, 0.3) is 0 Å². The molecule has 1 unspecified atom stereocenters. The highest BCUT2D eigenvalue weighted by Gasteiger charge is 2.23. The lowest BCUT2D eigenvalue weighted by atomic mass is 10.0. The highest BCUT2D eigenvalue weighted by atomic mass is 16.1. The second kappa shape index (κ2) is 7.73. The molecular formula is C17H27N5O. The van der Waals surface area contributed by atoms with Crippen LogP contribution in [0.1, 0.15) is 44.2 Å². The van der Waals surface area contributed by atoms with Crippen LogP contribution in [-0.2, 0) is 4.79 Å². The molecule has 0 aromatic carbocycles. The molecule has 6 heteroatoms. The van der Waals surface area contributed by atoms with E-state index in [1.54, 1.807) is 6.33 Å². The second-order valence-corrected chi connectivity index (χ2v) is 6.77. The van der Waals surface area contributed by atoms with E-state index in [-0.39, 0.29) is 5.91 Å². The van der Waals surface area contributed by atoms with Crippen molar-refractivity contribution in [1.29, 1.82) is 0 Å². The van der Waals surface area contributed by atoms with E-state index in [2.05, 4.69) is 25.5 Å². The van der Waals surface area contributed by atoms with Gasteiger partial charge < -0.3 is 15.5 Å². The van der Waals surface area contributed by atoms with E-state index >= 15 is 0 Å². The number of rotatable bonds is 4. The number of hydrogen-bond acceptors (Lipinski definition) is 5. The Morgan fingerprint density at radius 2 is 2.09 bits per heavy atom. The minimum absolute atomic E-state index is 0.225. The Labute approximate surface area is 138 Å². The molecule has 0 radical (unpaired) electrons. The topological polar surface area (TPSA) is 70.2 Å². The molecule has 2 N–H and O–H groups in total. The molecule has 126 valence electrons. The van der Waals surface area contributed by atoms with Crippen LogP contribution < -0.4 is 10.6 Å². The van der Waals surface area contributed by atoms with Gasteiger partial charge in [-0.25, -0.2) is 9.97 Å². The van der Waals surface area contributed by atoms with Crippen molar-refractivity contribution in [3.8, 4) is 0 Å². The third-order valence-electron chi connectivity index (χ3n) is 4.79. The first-order valence-corrected chi connectivity index (χ1v) is 8.76. The fraction of sp³-hybridized carbons (Fsp3) is 0.706. The molecule has 1 aromatic heterocycles. The zero-order chi connectivity index (χ0) is 16.1. The monoisotopic (exact) mass is 317 g/mol. The number of carbonyl (C=O) groups excluding carboxylic acids is 1. The summed E-state index contributed by atoms with van der Waals surface area (Å²) in [6, 6.07) is 2.80. The first-order valence-electron chi connectivity index (χ1n) is 8.76. The molecule has 2 fully saturated rings. The summed E-state index contributed by atoms with van der Waals surface area (Å²) in [5, 5.41) is 6.69. The molecule has 1 amide bonds. The third kappa shape index (κ3) is 4.89. The lowest BCUT2D eigenvalue weighted by molar-refractivity contribution is -0.121. The predicted molar refractivity (Wildman–Crippen MR) is 90.3 cm³/mol. The molecule has 23 heavy (non-hydrogen) atoms. The quantitative estimate of drug-likeness (QED) is 0.885. The molecule has 2 saturated heterocycles. The Kier molecular flexibility index (Phi) is 5.43. The zero-order valence-electron chi connectivity index (χ0n) is 13.9. The third-order valence-corrected chi connectivity index (χ3v) is 4.79. The maximum atomic E-state index is 11.7. The van der Waals surface area contributed by atoms with Crippen molar-refractivity contribution in [1.82, 2.24) is 20.2 Å². The van der Waals surface area contributed by atoms with E-state index in [1.165, 1.54) is 0 Å². The van der Waals surface area contributed by atoms with Crippen LogP contribution in [0.2, 0.25) is 0 Å². The summed E-state index contributed by atoms with van der Waals surface area (Å²) in [5.41, 5.74) is 0.990. The number of aryl methyl sites for hydroxylation is 1. The van der Waals surface area contributed by atoms with E-state index in [0.717, 1.165) is 63.3 Å². The van der Waals surface area contributed by atoms with E-state index in [1.807, 2.05) is 13.0 Å². The molecule has 0 aliphatic carbocycles. The smallest absolute Gasteiger partial charge is 0.220 e. The molecule has 3 heterocycles. The van der Waals surface area contributed by atoms with Gasteiger partial charge in [0.15, 0.2) is 0 Å². The van der Waals surface area contributed by atoms with Gasteiger partial charge in [0.1, 0.15) is 12.1 Å². The van der Waals surface area contributed by atoms with E-state index < -0.39 is 0 Å². The fourth-order valence-electron chi connectivity index (χ4n) is 3.50. The molecule has 1 atom stereocenters. The van der Waals surface area contributed by atoms with Crippen molar-refractivity contribution in [2.45, 2.75) is 57.5 Å². The molecule has 0 spiro atoms. The van der Waals surface area contributed by atoms with Crippen LogP contribution >= 0.6 is 0 Å². The van der Waals surface area contributed by atoms with Gasteiger partial charge in [-0.05, 0) is 32.6 Å². The molecule has 2 aliphatic rings. The Balaban J connectivity index is 1.44. The standard InChI is InChI=1S/C17H27N5O/c1-13-10-16(19-12-18-13)20-14-6-8-22(9-7-14)11-15-4-2-3-5-17(23)21-15/h10,12,14-15H,2-9,11H2,1H3,(H,21,23)(H,18,19,20). The zero-order valence-corrected chi connectivity index (χ0v) is 13.9. The minimum atomic E-state index is 0.225. The highest BCUT2D eigenvalue weighted by molar-refractivity contribution is 5.76. The van der Waals surface area contributed by atoms with Crippen molar-refractivity contribution < 1.29 is 4.79 Å². The maximum Gasteiger partial charge on any atom is 0.220 e. The van der Waals surface area contributed by atoms with Crippen LogP contribution in [0.15, 0.2) is 12.4 Å². The summed E-state index contributed by atoms with van der Waals surface area (Å²) in [5.74, 6) is 1.15. The van der Waals surface area contributed by atoms with Gasteiger partial charge in [0.25, 0.3) is 0 Å². The van der Waals surface area contributed by atoms with Gasteiger partial charge in [0, 0.05) is 49.9 Å². The highest BCUT2D eigenvalue weighted by Crippen LogP contribution is 2.17. The Hall–Kier alpha value is -1.69. The summed E-state index contributed by atoms with van der Waals surface area (Å²) in [6.07, 6.45) is 7.85. The second-order valence-electron chi connectivity index (χ2n) is 6.77.